The van der Waals surface area contributed by atoms with E-state index in [-0.39, 0.29) is 51.4 Å². The molecule has 12 heavy (non-hydrogen) atoms. The second-order valence-corrected chi connectivity index (χ2v) is 1.73. The summed E-state index contributed by atoms with van der Waals surface area (Å²) >= 11 is 0. The third-order valence-electron chi connectivity index (χ3n) is 0.983. The van der Waals surface area contributed by atoms with Crippen molar-refractivity contribution in [3.05, 3.63) is 0 Å². The topological polar surface area (TPSA) is 107 Å². The molecule has 0 radical (unpaired) electrons. The van der Waals surface area contributed by atoms with Crippen LogP contribution in [0.5, 0.6) is 0 Å². The summed E-state index contributed by atoms with van der Waals surface area (Å²) < 4.78 is 3.94. The molecular weight excluding hydrogens is 194 g/mol. The van der Waals surface area contributed by atoms with E-state index < -0.39 is 24.1 Å². The van der Waals surface area contributed by atoms with Crippen LogP contribution >= 0.6 is 0 Å². The van der Waals surface area contributed by atoms with E-state index in [0.717, 1.165) is 8.05 Å². The first kappa shape index (κ1) is 15.1. The number of carboxylic acid groups (broad SMARTS) is 1. The van der Waals surface area contributed by atoms with Crippen molar-refractivity contribution in [2.24, 2.45) is 0 Å². The molecule has 0 aromatic carbocycles. The molecule has 0 aromatic rings. The zero-order chi connectivity index (χ0) is 9.02. The second kappa shape index (κ2) is 7.01. The fraction of sp³-hybridized carbons (Fsp3) is 0.500. The largest absolute Gasteiger partial charge is 1.00 e. The summed E-state index contributed by atoms with van der Waals surface area (Å²) in [6.45, 7) is 0. The first-order valence-electron chi connectivity index (χ1n) is 2.65. The van der Waals surface area contributed by atoms with Crippen LogP contribution in [0.4, 0.5) is 0 Å². The van der Waals surface area contributed by atoms with E-state index in [0.29, 0.717) is 0 Å². The molecule has 6 nitrogen and oxygen atoms in total. The fourth-order valence-electron chi connectivity index (χ4n) is 0.379. The van der Waals surface area contributed by atoms with Crippen LogP contribution in [-0.2, 0) is 14.2 Å². The van der Waals surface area contributed by atoms with Crippen molar-refractivity contribution in [1.82, 2.24) is 0 Å². The van der Waals surface area contributed by atoms with E-state index in [9.17, 15) is 14.7 Å². The molecule has 0 aliphatic rings. The van der Waals surface area contributed by atoms with E-state index in [4.69, 9.17) is 10.2 Å². The Morgan fingerprint density at radius 1 is 1.33 bits per heavy atom. The zero-order valence-electron chi connectivity index (χ0n) is 6.68. The van der Waals surface area contributed by atoms with Crippen LogP contribution in [0, 0.1) is 0 Å². The molecular formula is C4H6BKO6. The van der Waals surface area contributed by atoms with Gasteiger partial charge >= 0.3 is 65.4 Å². The molecule has 0 heterocycles. The summed E-state index contributed by atoms with van der Waals surface area (Å²) in [6.07, 6.45) is -4.34. The van der Waals surface area contributed by atoms with Crippen molar-refractivity contribution in [2.75, 3.05) is 0 Å². The van der Waals surface area contributed by atoms with Crippen LogP contribution in [-0.4, -0.2) is 42.4 Å². The number of rotatable bonds is 3. The number of carboxylic acids is 1. The van der Waals surface area contributed by atoms with Gasteiger partial charge in [0.2, 0.25) is 0 Å². The maximum atomic E-state index is 10.3. The summed E-state index contributed by atoms with van der Waals surface area (Å²) in [5.74, 6) is -3.15. The van der Waals surface area contributed by atoms with E-state index in [1.54, 1.807) is 0 Å². The van der Waals surface area contributed by atoms with Gasteiger partial charge in [-0.2, -0.15) is 0 Å². The van der Waals surface area contributed by atoms with Crippen molar-refractivity contribution < 1.29 is 80.9 Å². The number of aliphatic hydroxyl groups excluding tert-OH is 2. The summed E-state index contributed by atoms with van der Waals surface area (Å²) in [7, 11) is 0.952. The molecule has 62 valence electrons. The molecule has 0 rings (SSSR count). The SMILES string of the molecule is BOC(=O)C(O)C(O)C(=O)[O-].[K+]. The predicted molar refractivity (Wildman–Crippen MR) is 31.7 cm³/mol. The molecule has 0 aromatic heterocycles. The Balaban J connectivity index is 0. The fourth-order valence-corrected chi connectivity index (χ4v) is 0.379. The zero-order valence-corrected chi connectivity index (χ0v) is 9.81. The Labute approximate surface area is 112 Å². The van der Waals surface area contributed by atoms with Gasteiger partial charge in [0.25, 0.3) is 0 Å². The Kier molecular flexibility index (Phi) is 8.80. The minimum Gasteiger partial charge on any atom is -0.547 e. The second-order valence-electron chi connectivity index (χ2n) is 1.73. The van der Waals surface area contributed by atoms with Crippen LogP contribution in [0.1, 0.15) is 0 Å². The average Bonchev–Trinajstić information content (AvgIpc) is 2.00. The summed E-state index contributed by atoms with van der Waals surface area (Å²) in [6, 6.07) is 0. The number of aliphatic carboxylic acids is 1. The molecule has 0 fully saturated rings. The van der Waals surface area contributed by atoms with Gasteiger partial charge in [-0.15, -0.1) is 0 Å². The maximum absolute atomic E-state index is 10.3. The van der Waals surface area contributed by atoms with Crippen molar-refractivity contribution in [3.63, 3.8) is 0 Å². The minimum atomic E-state index is -2.25. The first-order chi connectivity index (χ1) is 5.00. The molecule has 0 aliphatic carbocycles. The quantitative estimate of drug-likeness (QED) is 0.438. The van der Waals surface area contributed by atoms with Crippen LogP contribution in [0.3, 0.4) is 0 Å². The van der Waals surface area contributed by atoms with Gasteiger partial charge in [-0.3, -0.25) is 4.79 Å². The molecule has 0 amide bonds. The monoisotopic (exact) mass is 200 g/mol. The molecule has 2 atom stereocenters. The Morgan fingerprint density at radius 3 is 2.00 bits per heavy atom. The van der Waals surface area contributed by atoms with E-state index >= 15 is 0 Å². The van der Waals surface area contributed by atoms with Crippen molar-refractivity contribution >= 4 is 20.0 Å². The van der Waals surface area contributed by atoms with Gasteiger partial charge in [0.05, 0.1) is 5.97 Å². The number of carbonyl (C=O) groups is 2. The summed E-state index contributed by atoms with van der Waals surface area (Å²) in [5.41, 5.74) is 0. The van der Waals surface area contributed by atoms with Gasteiger partial charge in [0.15, 0.2) is 6.10 Å². The number of hydrogen-bond donors (Lipinski definition) is 2. The van der Waals surface area contributed by atoms with E-state index in [2.05, 4.69) is 4.65 Å². The Bertz CT molecular complexity index is 173. The van der Waals surface area contributed by atoms with Gasteiger partial charge in [-0.25, -0.2) is 0 Å². The third kappa shape index (κ3) is 4.55. The number of hydrogen-bond acceptors (Lipinski definition) is 6. The number of aliphatic hydroxyl groups is 2. The van der Waals surface area contributed by atoms with Crippen LogP contribution < -0.4 is 56.5 Å². The standard InChI is InChI=1S/C4H7BO6.K/c5-11-4(10)2(7)1(6)3(8)9;/h1-2,6-7H,5H2,(H,8,9);/q;+1/p-1. The molecule has 0 bridgehead atoms. The smallest absolute Gasteiger partial charge is 0.547 e. The number of carbonyl (C=O) groups excluding carboxylic acids is 2. The van der Waals surface area contributed by atoms with Crippen LogP contribution in [0.2, 0.25) is 0 Å². The van der Waals surface area contributed by atoms with Gasteiger partial charge in [0, 0.05) is 0 Å². The first-order valence-corrected chi connectivity index (χ1v) is 2.65. The van der Waals surface area contributed by atoms with Gasteiger partial charge in [0.1, 0.15) is 6.10 Å². The third-order valence-corrected chi connectivity index (χ3v) is 0.983. The van der Waals surface area contributed by atoms with Crippen LogP contribution in [0.25, 0.3) is 0 Å². The predicted octanol–water partition coefficient (Wildman–Crippen LogP) is -7.45. The van der Waals surface area contributed by atoms with Gasteiger partial charge in [-0.05, 0) is 0 Å². The molecule has 0 saturated carbocycles. The van der Waals surface area contributed by atoms with Gasteiger partial charge in [-0.1, -0.05) is 0 Å². The van der Waals surface area contributed by atoms with E-state index in [1.807, 2.05) is 0 Å². The normalized spacial score (nSPS) is 13.8. The van der Waals surface area contributed by atoms with E-state index in [1.165, 1.54) is 0 Å². The average molecular weight is 200 g/mol. The maximum Gasteiger partial charge on any atom is 1.00 e. The summed E-state index contributed by atoms with van der Waals surface area (Å²) in [4.78, 5) is 20.2. The molecule has 8 heteroatoms. The summed E-state index contributed by atoms with van der Waals surface area (Å²) in [5, 5.41) is 26.9. The Hall–Kier alpha value is 0.561. The van der Waals surface area contributed by atoms with Crippen LogP contribution in [0.15, 0.2) is 0 Å². The molecule has 0 saturated heterocycles. The molecule has 0 aliphatic heterocycles. The molecule has 0 spiro atoms. The van der Waals surface area contributed by atoms with Crippen molar-refractivity contribution in [2.45, 2.75) is 12.2 Å². The Morgan fingerprint density at radius 2 is 1.75 bits per heavy atom. The van der Waals surface area contributed by atoms with Crippen molar-refractivity contribution in [1.29, 1.82) is 0 Å². The molecule has 2 N–H and O–H groups in total. The molecule has 2 unspecified atom stereocenters. The minimum absolute atomic E-state index is 0. The van der Waals surface area contributed by atoms with Crippen molar-refractivity contribution in [3.8, 4) is 0 Å². The van der Waals surface area contributed by atoms with Gasteiger partial charge < -0.3 is 24.8 Å².